The normalized spacial score (nSPS) is 29.0. The van der Waals surface area contributed by atoms with Gasteiger partial charge in [0, 0.05) is 0 Å². The minimum atomic E-state index is 0. The second kappa shape index (κ2) is 10.1. The third kappa shape index (κ3) is 5.19. The number of rotatable bonds is 3. The van der Waals surface area contributed by atoms with E-state index in [0.29, 0.717) is 0 Å². The van der Waals surface area contributed by atoms with E-state index in [2.05, 4.69) is 49.4 Å². The van der Waals surface area contributed by atoms with Crippen molar-refractivity contribution >= 4 is 0 Å². The van der Waals surface area contributed by atoms with Crippen molar-refractivity contribution < 1.29 is 58.2 Å². The first-order valence-corrected chi connectivity index (χ1v) is 10.4. The Kier molecular flexibility index (Phi) is 8.18. The SMILES string of the molecule is CC1CCC(C2CCC(c3ccc(-c4cc[c-]cc4)cc3)CC2)CC1.[Rb+]. The molecule has 0 aliphatic heterocycles. The minimum absolute atomic E-state index is 0. The summed E-state index contributed by atoms with van der Waals surface area (Å²) in [7, 11) is 0. The van der Waals surface area contributed by atoms with E-state index in [1.54, 1.807) is 5.56 Å². The fourth-order valence-corrected chi connectivity index (χ4v) is 5.21. The molecule has 0 unspecified atom stereocenters. The molecule has 2 aromatic carbocycles. The maximum atomic E-state index is 3.10. The summed E-state index contributed by atoms with van der Waals surface area (Å²) in [5, 5.41) is 0. The molecule has 132 valence electrons. The van der Waals surface area contributed by atoms with Gasteiger partial charge in [-0.25, -0.2) is 0 Å². The van der Waals surface area contributed by atoms with Gasteiger partial charge in [0.1, 0.15) is 0 Å². The predicted octanol–water partition coefficient (Wildman–Crippen LogP) is 4.26. The van der Waals surface area contributed by atoms with Gasteiger partial charge in [-0.2, -0.15) is 30.3 Å². The molecule has 0 amide bonds. The number of benzene rings is 2. The van der Waals surface area contributed by atoms with Gasteiger partial charge in [-0.1, -0.05) is 44.0 Å². The Balaban J connectivity index is 0.00000196. The summed E-state index contributed by atoms with van der Waals surface area (Å²) in [5.41, 5.74) is 4.17. The molecule has 2 aliphatic rings. The first-order valence-electron chi connectivity index (χ1n) is 10.4. The Morgan fingerprint density at radius 2 is 1.15 bits per heavy atom. The van der Waals surface area contributed by atoms with Crippen molar-refractivity contribution in [2.45, 2.75) is 64.2 Å². The minimum Gasteiger partial charge on any atom is -0.184 e. The average molecular weight is 417 g/mol. The molecule has 0 saturated heterocycles. The third-order valence-corrected chi connectivity index (χ3v) is 6.93. The Hall–Kier alpha value is 0.245. The molecule has 0 heterocycles. The largest absolute Gasteiger partial charge is 1.00 e. The van der Waals surface area contributed by atoms with Crippen LogP contribution in [0.15, 0.2) is 48.5 Å². The van der Waals surface area contributed by atoms with Crippen molar-refractivity contribution in [2.24, 2.45) is 17.8 Å². The van der Waals surface area contributed by atoms with Crippen LogP contribution < -0.4 is 58.2 Å². The Labute approximate surface area is 209 Å². The van der Waals surface area contributed by atoms with Crippen LogP contribution in [0, 0.1) is 23.8 Å². The van der Waals surface area contributed by atoms with E-state index in [4.69, 9.17) is 0 Å². The average Bonchev–Trinajstić information content (AvgIpc) is 2.70. The van der Waals surface area contributed by atoms with Gasteiger partial charge in [0.2, 0.25) is 0 Å². The van der Waals surface area contributed by atoms with Crippen LogP contribution in [0.1, 0.15) is 69.8 Å². The summed E-state index contributed by atoms with van der Waals surface area (Å²) in [6, 6.07) is 20.7. The van der Waals surface area contributed by atoms with Crippen molar-refractivity contribution in [3.05, 3.63) is 60.2 Å². The summed E-state index contributed by atoms with van der Waals surface area (Å²) in [6.45, 7) is 2.44. The molecule has 0 bridgehead atoms. The van der Waals surface area contributed by atoms with Gasteiger partial charge in [0.05, 0.1) is 0 Å². The summed E-state index contributed by atoms with van der Waals surface area (Å²) in [5.74, 6) is 3.82. The topological polar surface area (TPSA) is 0 Å². The molecule has 2 aromatic rings. The third-order valence-electron chi connectivity index (χ3n) is 6.93. The molecule has 26 heavy (non-hydrogen) atoms. The maximum Gasteiger partial charge on any atom is 1.00 e. The van der Waals surface area contributed by atoms with Crippen LogP contribution in [0.5, 0.6) is 0 Å². The molecule has 0 aromatic heterocycles. The van der Waals surface area contributed by atoms with E-state index in [0.717, 1.165) is 23.7 Å². The van der Waals surface area contributed by atoms with Gasteiger partial charge >= 0.3 is 58.2 Å². The van der Waals surface area contributed by atoms with Crippen molar-refractivity contribution in [2.75, 3.05) is 0 Å². The molecular weight excluding hydrogens is 386 g/mol. The van der Waals surface area contributed by atoms with Crippen LogP contribution in [0.25, 0.3) is 11.1 Å². The second-order valence-electron chi connectivity index (χ2n) is 8.54. The van der Waals surface area contributed by atoms with Gasteiger partial charge in [-0.15, -0.1) is 5.56 Å². The zero-order valence-electron chi connectivity index (χ0n) is 16.6. The standard InChI is InChI=1S/C25H31.Rb/c1-19-7-9-21(10-8-19)23-15-17-25(18-16-23)24-13-11-22(12-14-24)20-5-3-2-4-6-20;/h3-6,11-14,19,21,23,25H,7-10,15-18H2,1H3;/q-1;+1. The Morgan fingerprint density at radius 1 is 0.654 bits per heavy atom. The fraction of sp³-hybridized carbons (Fsp3) is 0.520. The van der Waals surface area contributed by atoms with Gasteiger partial charge in [0.25, 0.3) is 0 Å². The predicted molar refractivity (Wildman–Crippen MR) is 107 cm³/mol. The molecule has 0 N–H and O–H groups in total. The van der Waals surface area contributed by atoms with Gasteiger partial charge < -0.3 is 0 Å². The van der Waals surface area contributed by atoms with E-state index >= 15 is 0 Å². The first-order chi connectivity index (χ1) is 12.3. The van der Waals surface area contributed by atoms with Crippen LogP contribution in [0.4, 0.5) is 0 Å². The maximum absolute atomic E-state index is 3.10. The molecule has 0 spiro atoms. The quantitative estimate of drug-likeness (QED) is 0.656. The first kappa shape index (κ1) is 21.0. The van der Waals surface area contributed by atoms with Crippen molar-refractivity contribution in [1.82, 2.24) is 0 Å². The number of hydrogen-bond donors (Lipinski definition) is 0. The van der Waals surface area contributed by atoms with E-state index in [1.165, 1.54) is 62.5 Å². The molecule has 0 atom stereocenters. The van der Waals surface area contributed by atoms with E-state index in [9.17, 15) is 0 Å². The fourth-order valence-electron chi connectivity index (χ4n) is 5.21. The van der Waals surface area contributed by atoms with Crippen LogP contribution in [-0.2, 0) is 0 Å². The monoisotopic (exact) mass is 416 g/mol. The van der Waals surface area contributed by atoms with Crippen molar-refractivity contribution in [3.63, 3.8) is 0 Å². The number of hydrogen-bond acceptors (Lipinski definition) is 0. The molecule has 2 fully saturated rings. The second-order valence-corrected chi connectivity index (χ2v) is 8.54. The molecule has 2 saturated carbocycles. The van der Waals surface area contributed by atoms with Crippen LogP contribution in [0.3, 0.4) is 0 Å². The molecular formula is C25H31Rb. The molecule has 0 nitrogen and oxygen atoms in total. The Morgan fingerprint density at radius 3 is 1.73 bits per heavy atom. The summed E-state index contributed by atoms with van der Waals surface area (Å²) < 4.78 is 0. The van der Waals surface area contributed by atoms with Gasteiger partial charge in [-0.05, 0) is 73.3 Å². The molecule has 0 radical (unpaired) electrons. The molecule has 2 aliphatic carbocycles. The van der Waals surface area contributed by atoms with Crippen molar-refractivity contribution in [1.29, 1.82) is 0 Å². The van der Waals surface area contributed by atoms with Crippen LogP contribution >= 0.6 is 0 Å². The van der Waals surface area contributed by atoms with Crippen molar-refractivity contribution in [3.8, 4) is 11.1 Å². The Bertz CT molecular complexity index is 644. The molecule has 4 rings (SSSR count). The summed E-state index contributed by atoms with van der Waals surface area (Å²) in [4.78, 5) is 0. The summed E-state index contributed by atoms with van der Waals surface area (Å²) >= 11 is 0. The van der Waals surface area contributed by atoms with Gasteiger partial charge in [0.15, 0.2) is 0 Å². The smallest absolute Gasteiger partial charge is 0.184 e. The van der Waals surface area contributed by atoms with Crippen LogP contribution in [-0.4, -0.2) is 0 Å². The molecule has 1 heteroatoms. The summed E-state index contributed by atoms with van der Waals surface area (Å²) in [6.07, 6.45) is 11.7. The van der Waals surface area contributed by atoms with E-state index in [-0.39, 0.29) is 58.2 Å². The van der Waals surface area contributed by atoms with Gasteiger partial charge in [-0.3, -0.25) is 0 Å². The van der Waals surface area contributed by atoms with E-state index in [1.807, 2.05) is 12.1 Å². The zero-order valence-corrected chi connectivity index (χ0v) is 21.5. The zero-order chi connectivity index (χ0) is 17.1. The van der Waals surface area contributed by atoms with E-state index < -0.39 is 0 Å². The van der Waals surface area contributed by atoms with Crippen LogP contribution in [0.2, 0.25) is 0 Å².